The van der Waals surface area contributed by atoms with Crippen LogP contribution < -0.4 is 9.47 Å². The Morgan fingerprint density at radius 2 is 1.17 bits per heavy atom. The molecule has 2 fully saturated rings. The summed E-state index contributed by atoms with van der Waals surface area (Å²) in [5, 5.41) is 0. The van der Waals surface area contributed by atoms with Crippen LogP contribution in [0.15, 0.2) is 48.5 Å². The van der Waals surface area contributed by atoms with Crippen LogP contribution in [0.3, 0.4) is 0 Å². The topological polar surface area (TPSA) is 24.5 Å². The highest BCUT2D eigenvalue weighted by Crippen LogP contribution is 2.36. The Balaban J connectivity index is 1.33. The minimum Gasteiger partial charge on any atom is -0.492 e. The molecule has 4 atom stereocenters. The second kappa shape index (κ2) is 9.72. The van der Waals surface area contributed by atoms with Gasteiger partial charge in [0.25, 0.3) is 0 Å². The van der Waals surface area contributed by atoms with Gasteiger partial charge in [-0.2, -0.15) is 0 Å². The Morgan fingerprint density at radius 3 is 1.48 bits per heavy atom. The highest BCUT2D eigenvalue weighted by molar-refractivity contribution is 14.2. The van der Waals surface area contributed by atoms with Gasteiger partial charge in [-0.05, 0) is 53.6 Å². The van der Waals surface area contributed by atoms with E-state index in [-0.39, 0.29) is 5.41 Å². The summed E-state index contributed by atoms with van der Waals surface area (Å²) < 4.78 is 16.5. The van der Waals surface area contributed by atoms with Gasteiger partial charge in [0.1, 0.15) is 24.7 Å². The normalized spacial score (nSPS) is 25.5. The van der Waals surface area contributed by atoms with Crippen molar-refractivity contribution in [1.82, 2.24) is 8.61 Å². The molecule has 2 aromatic rings. The average molecular weight is 654 g/mol. The fourth-order valence-corrected chi connectivity index (χ4v) is 6.95. The third-order valence-electron chi connectivity index (χ3n) is 5.54. The fourth-order valence-electron chi connectivity index (χ4n) is 3.25. The lowest BCUT2D eigenvalue weighted by atomic mass is 9.78. The molecular formula is C21H24I2N2O2S2. The molecule has 0 N–H and O–H groups in total. The van der Waals surface area contributed by atoms with Crippen LogP contribution in [0.2, 0.25) is 0 Å². The lowest BCUT2D eigenvalue weighted by Gasteiger charge is -2.26. The van der Waals surface area contributed by atoms with Crippen molar-refractivity contribution in [3.63, 3.8) is 0 Å². The maximum absolute atomic E-state index is 5.94. The third kappa shape index (κ3) is 5.68. The molecule has 0 bridgehead atoms. The van der Waals surface area contributed by atoms with Crippen molar-refractivity contribution in [3.8, 4) is 11.5 Å². The molecule has 2 aliphatic heterocycles. The first-order valence-corrected chi connectivity index (χ1v) is 16.2. The molecule has 0 aromatic heterocycles. The highest BCUT2D eigenvalue weighted by Gasteiger charge is 2.35. The number of hydrogen-bond acceptors (Lipinski definition) is 6. The molecule has 8 heteroatoms. The van der Waals surface area contributed by atoms with Gasteiger partial charge in [-0.3, -0.25) is 0 Å². The predicted octanol–water partition coefficient (Wildman–Crippen LogP) is 6.13. The van der Waals surface area contributed by atoms with Crippen LogP contribution in [0.5, 0.6) is 11.5 Å². The van der Waals surface area contributed by atoms with Gasteiger partial charge in [-0.25, -0.2) is 8.61 Å². The number of nitrogens with zero attached hydrogens (tertiary/aromatic N) is 2. The predicted molar refractivity (Wildman–Crippen MR) is 140 cm³/mol. The molecular weight excluding hydrogens is 630 g/mol. The van der Waals surface area contributed by atoms with E-state index in [4.69, 9.17) is 9.47 Å². The van der Waals surface area contributed by atoms with Crippen molar-refractivity contribution in [1.29, 1.82) is 0 Å². The van der Waals surface area contributed by atoms with E-state index in [2.05, 4.69) is 113 Å². The van der Waals surface area contributed by atoms with E-state index >= 15 is 0 Å². The summed E-state index contributed by atoms with van der Waals surface area (Å²) in [5.41, 5.74) is 2.48. The fraction of sp³-hybridized carbons (Fsp3) is 0.429. The first-order chi connectivity index (χ1) is 14.0. The summed E-state index contributed by atoms with van der Waals surface area (Å²) in [6.07, 6.45) is 0. The van der Waals surface area contributed by atoms with E-state index in [9.17, 15) is 0 Å². The molecule has 2 saturated heterocycles. The van der Waals surface area contributed by atoms with Crippen LogP contribution in [0.4, 0.5) is 0 Å². The highest BCUT2D eigenvalue weighted by atomic mass is 127. The number of ether oxygens (including phenoxy) is 2. The lowest BCUT2D eigenvalue weighted by molar-refractivity contribution is 0.311. The first-order valence-electron chi connectivity index (χ1n) is 9.58. The van der Waals surface area contributed by atoms with Gasteiger partial charge in [-0.15, -0.1) is 0 Å². The van der Waals surface area contributed by atoms with Crippen LogP contribution in [-0.4, -0.2) is 47.0 Å². The Labute approximate surface area is 205 Å². The van der Waals surface area contributed by atoms with Crippen LogP contribution in [-0.2, 0) is 5.41 Å². The number of benzene rings is 2. The summed E-state index contributed by atoms with van der Waals surface area (Å²) in [7, 11) is 3.52. The monoisotopic (exact) mass is 654 g/mol. The van der Waals surface area contributed by atoms with E-state index < -0.39 is 0 Å². The van der Waals surface area contributed by atoms with Crippen LogP contribution >= 0.6 is 60.6 Å². The van der Waals surface area contributed by atoms with Gasteiger partial charge in [-0.1, -0.05) is 38.1 Å². The van der Waals surface area contributed by atoms with E-state index in [1.807, 2.05) is 0 Å². The summed E-state index contributed by atoms with van der Waals surface area (Å²) in [6.45, 7) is 8.28. The largest absolute Gasteiger partial charge is 0.492 e. The molecule has 4 unspecified atom stereocenters. The molecule has 0 spiro atoms. The molecule has 0 amide bonds. The smallest absolute Gasteiger partial charge is 0.119 e. The third-order valence-corrected chi connectivity index (χ3v) is 9.83. The van der Waals surface area contributed by atoms with Crippen molar-refractivity contribution in [3.05, 3.63) is 59.7 Å². The Bertz CT molecular complexity index is 753. The molecule has 2 aliphatic rings. The van der Waals surface area contributed by atoms with Gasteiger partial charge in [0.15, 0.2) is 0 Å². The van der Waals surface area contributed by atoms with E-state index in [1.54, 1.807) is 18.2 Å². The number of rotatable bonds is 10. The zero-order valence-electron chi connectivity index (χ0n) is 16.4. The Morgan fingerprint density at radius 1 is 0.793 bits per heavy atom. The summed E-state index contributed by atoms with van der Waals surface area (Å²) in [6, 6.07) is 18.2. The lowest BCUT2D eigenvalue weighted by Crippen LogP contribution is -2.19. The molecule has 0 aliphatic carbocycles. The molecule has 2 heterocycles. The Hall–Kier alpha value is 0.120. The van der Waals surface area contributed by atoms with Crippen molar-refractivity contribution in [2.24, 2.45) is 0 Å². The average Bonchev–Trinajstić information content (AvgIpc) is 3.66. The first kappa shape index (κ1) is 22.3. The van der Waals surface area contributed by atoms with Crippen molar-refractivity contribution < 1.29 is 9.47 Å². The molecule has 0 radical (unpaired) electrons. The molecule has 156 valence electrons. The van der Waals surface area contributed by atoms with E-state index in [1.165, 1.54) is 11.1 Å². The maximum atomic E-state index is 5.94. The minimum absolute atomic E-state index is 0.0760. The van der Waals surface area contributed by atoms with Crippen LogP contribution in [0, 0.1) is 0 Å². The Kier molecular flexibility index (Phi) is 7.48. The molecule has 4 nitrogen and oxygen atoms in total. The van der Waals surface area contributed by atoms with Gasteiger partial charge < -0.3 is 9.47 Å². The number of halogens is 2. The van der Waals surface area contributed by atoms with Crippen LogP contribution in [0.25, 0.3) is 0 Å². The molecule has 0 saturated carbocycles. The molecule has 29 heavy (non-hydrogen) atoms. The SMILES string of the molecule is CC(C)(c1ccc(OCC2CN2SI)cc1)c1ccc(OCC2CN2SI)cc1. The minimum atomic E-state index is -0.0760. The van der Waals surface area contributed by atoms with Gasteiger partial charge in [0.05, 0.1) is 12.1 Å². The summed E-state index contributed by atoms with van der Waals surface area (Å²) in [5.74, 6) is 1.88. The molecule has 4 rings (SSSR count). The summed E-state index contributed by atoms with van der Waals surface area (Å²) >= 11 is 4.64. The van der Waals surface area contributed by atoms with Gasteiger partial charge >= 0.3 is 0 Å². The second-order valence-electron chi connectivity index (χ2n) is 7.94. The van der Waals surface area contributed by atoms with Crippen molar-refractivity contribution in [2.75, 3.05) is 26.3 Å². The maximum Gasteiger partial charge on any atom is 0.119 e. The van der Waals surface area contributed by atoms with E-state index in [0.717, 1.165) is 37.8 Å². The zero-order chi connectivity index (χ0) is 20.4. The summed E-state index contributed by atoms with van der Waals surface area (Å²) in [4.78, 5) is 0. The molecule has 2 aromatic carbocycles. The standard InChI is InChI=1S/C21H24I2N2O2S2/c1-21(2,15-3-7-19(8-4-15)26-13-17-11-24(17)28-22)16-5-9-20(10-6-16)27-14-18-12-25(18)29-23/h3-10,17-18H,11-14H2,1-2H3. The van der Waals surface area contributed by atoms with E-state index in [0.29, 0.717) is 12.1 Å². The van der Waals surface area contributed by atoms with Gasteiger partial charge in [0.2, 0.25) is 0 Å². The van der Waals surface area contributed by atoms with Crippen molar-refractivity contribution >= 4 is 60.6 Å². The van der Waals surface area contributed by atoms with Gasteiger partial charge in [0, 0.05) is 60.9 Å². The number of hydrogen-bond donors (Lipinski definition) is 0. The van der Waals surface area contributed by atoms with Crippen LogP contribution in [0.1, 0.15) is 25.0 Å². The quantitative estimate of drug-likeness (QED) is 0.174. The van der Waals surface area contributed by atoms with Crippen molar-refractivity contribution in [2.45, 2.75) is 31.3 Å². The second-order valence-corrected chi connectivity index (χ2v) is 11.5. The zero-order valence-corrected chi connectivity index (χ0v) is 22.3.